The van der Waals surface area contributed by atoms with E-state index in [1.54, 1.807) is 7.11 Å². The van der Waals surface area contributed by atoms with Crippen molar-refractivity contribution in [2.24, 2.45) is 0 Å². The largest absolute Gasteiger partial charge is 0.396 e. The molecule has 0 aromatic carbocycles. The molecule has 0 radical (unpaired) electrons. The first-order valence-corrected chi connectivity index (χ1v) is 4.10. The Hall–Kier alpha value is -0.160. The molecule has 0 saturated carbocycles. The minimum absolute atomic E-state index is 0.0327. The van der Waals surface area contributed by atoms with Gasteiger partial charge in [-0.25, -0.2) is 0 Å². The first-order valence-electron chi connectivity index (χ1n) is 4.10. The minimum atomic E-state index is -0.278. The quantitative estimate of drug-likeness (QED) is 0.566. The summed E-state index contributed by atoms with van der Waals surface area (Å²) in [4.78, 5) is 0. The van der Waals surface area contributed by atoms with Gasteiger partial charge in [-0.2, -0.15) is 0 Å². The van der Waals surface area contributed by atoms with Crippen molar-refractivity contribution in [3.05, 3.63) is 0 Å². The van der Waals surface area contributed by atoms with Gasteiger partial charge >= 0.3 is 0 Å². The van der Waals surface area contributed by atoms with Crippen molar-refractivity contribution in [2.45, 2.75) is 25.6 Å². The van der Waals surface area contributed by atoms with Crippen LogP contribution in [0.15, 0.2) is 0 Å². The van der Waals surface area contributed by atoms with Crippen LogP contribution in [0.1, 0.15) is 13.3 Å². The van der Waals surface area contributed by atoms with Crippen LogP contribution < -0.4 is 0 Å². The number of ether oxygens (including phenoxy) is 2. The van der Waals surface area contributed by atoms with E-state index < -0.39 is 0 Å². The summed E-state index contributed by atoms with van der Waals surface area (Å²) in [6.07, 6.45) is 0.142. The van der Waals surface area contributed by atoms with Gasteiger partial charge in [0.1, 0.15) is 0 Å². The highest BCUT2D eigenvalue weighted by atomic mass is 16.5. The van der Waals surface area contributed by atoms with Crippen molar-refractivity contribution in [3.8, 4) is 0 Å². The molecule has 0 aliphatic heterocycles. The van der Waals surface area contributed by atoms with Gasteiger partial charge in [0.05, 0.1) is 25.4 Å². The van der Waals surface area contributed by atoms with Crippen LogP contribution in [0, 0.1) is 0 Å². The molecule has 2 unspecified atom stereocenters. The van der Waals surface area contributed by atoms with Gasteiger partial charge < -0.3 is 19.7 Å². The molecule has 0 aromatic heterocycles. The molecule has 0 aliphatic carbocycles. The van der Waals surface area contributed by atoms with Crippen LogP contribution in [0.3, 0.4) is 0 Å². The van der Waals surface area contributed by atoms with Crippen molar-refractivity contribution in [3.63, 3.8) is 0 Å². The Morgan fingerprint density at radius 3 is 2.42 bits per heavy atom. The molecular formula is C8H18O4. The molecule has 0 bridgehead atoms. The van der Waals surface area contributed by atoms with Crippen LogP contribution >= 0.6 is 0 Å². The summed E-state index contributed by atoms with van der Waals surface area (Å²) in [5.41, 5.74) is 0. The zero-order valence-corrected chi connectivity index (χ0v) is 7.69. The topological polar surface area (TPSA) is 58.9 Å². The highest BCUT2D eigenvalue weighted by Gasteiger charge is 2.11. The van der Waals surface area contributed by atoms with Crippen LogP contribution in [-0.4, -0.2) is 49.4 Å². The fourth-order valence-corrected chi connectivity index (χ4v) is 0.949. The summed E-state index contributed by atoms with van der Waals surface area (Å²) >= 11 is 0. The zero-order chi connectivity index (χ0) is 9.40. The molecule has 2 atom stereocenters. The SMILES string of the molecule is COCC(C)OC(CO)CCO. The highest BCUT2D eigenvalue weighted by molar-refractivity contribution is 4.58. The van der Waals surface area contributed by atoms with Crippen LogP contribution in [-0.2, 0) is 9.47 Å². The van der Waals surface area contributed by atoms with Gasteiger partial charge in [0, 0.05) is 13.7 Å². The second kappa shape index (κ2) is 7.49. The molecule has 4 nitrogen and oxygen atoms in total. The molecule has 4 heteroatoms. The second-order valence-corrected chi connectivity index (χ2v) is 2.72. The predicted molar refractivity (Wildman–Crippen MR) is 45.0 cm³/mol. The lowest BCUT2D eigenvalue weighted by Crippen LogP contribution is -2.27. The average molecular weight is 178 g/mol. The summed E-state index contributed by atoms with van der Waals surface area (Å²) < 4.78 is 10.2. The molecule has 0 saturated heterocycles. The average Bonchev–Trinajstić information content (AvgIpc) is 2.04. The molecule has 0 fully saturated rings. The van der Waals surface area contributed by atoms with E-state index in [9.17, 15) is 0 Å². The lowest BCUT2D eigenvalue weighted by molar-refractivity contribution is -0.0660. The first-order chi connectivity index (χ1) is 5.74. The van der Waals surface area contributed by atoms with E-state index in [0.29, 0.717) is 13.0 Å². The van der Waals surface area contributed by atoms with E-state index in [0.717, 1.165) is 0 Å². The van der Waals surface area contributed by atoms with E-state index in [4.69, 9.17) is 19.7 Å². The summed E-state index contributed by atoms with van der Waals surface area (Å²) in [7, 11) is 1.60. The van der Waals surface area contributed by atoms with Crippen molar-refractivity contribution in [1.82, 2.24) is 0 Å². The molecule has 12 heavy (non-hydrogen) atoms. The van der Waals surface area contributed by atoms with Crippen LogP contribution in [0.25, 0.3) is 0 Å². The number of methoxy groups -OCH3 is 1. The fourth-order valence-electron chi connectivity index (χ4n) is 0.949. The lowest BCUT2D eigenvalue weighted by Gasteiger charge is -2.19. The summed E-state index contributed by atoms with van der Waals surface area (Å²) in [6.45, 7) is 2.34. The zero-order valence-electron chi connectivity index (χ0n) is 7.69. The number of hydrogen-bond donors (Lipinski definition) is 2. The molecule has 74 valence electrons. The molecule has 0 amide bonds. The Morgan fingerprint density at radius 1 is 1.33 bits per heavy atom. The molecule has 0 aliphatic rings. The maximum absolute atomic E-state index is 8.80. The van der Waals surface area contributed by atoms with Crippen LogP contribution in [0.4, 0.5) is 0 Å². The van der Waals surface area contributed by atoms with Gasteiger partial charge in [-0.15, -0.1) is 0 Å². The fraction of sp³-hybridized carbons (Fsp3) is 1.00. The van der Waals surface area contributed by atoms with Gasteiger partial charge in [-0.05, 0) is 13.3 Å². The standard InChI is InChI=1S/C8H18O4/c1-7(6-11-2)12-8(5-10)3-4-9/h7-10H,3-6H2,1-2H3. The lowest BCUT2D eigenvalue weighted by atomic mass is 10.2. The number of rotatable bonds is 7. The van der Waals surface area contributed by atoms with E-state index in [2.05, 4.69) is 0 Å². The smallest absolute Gasteiger partial charge is 0.0832 e. The third kappa shape index (κ3) is 5.49. The van der Waals surface area contributed by atoms with Crippen molar-refractivity contribution in [2.75, 3.05) is 26.9 Å². The third-order valence-corrected chi connectivity index (χ3v) is 1.48. The van der Waals surface area contributed by atoms with Gasteiger partial charge in [-0.1, -0.05) is 0 Å². The maximum Gasteiger partial charge on any atom is 0.0832 e. The van der Waals surface area contributed by atoms with Crippen molar-refractivity contribution in [1.29, 1.82) is 0 Å². The van der Waals surface area contributed by atoms with E-state index in [1.165, 1.54) is 0 Å². The Balaban J connectivity index is 3.53. The number of aliphatic hydroxyl groups excluding tert-OH is 2. The monoisotopic (exact) mass is 178 g/mol. The number of aliphatic hydroxyl groups is 2. The van der Waals surface area contributed by atoms with Gasteiger partial charge in [0.25, 0.3) is 0 Å². The molecule has 0 heterocycles. The Labute approximate surface area is 73.1 Å². The van der Waals surface area contributed by atoms with Crippen LogP contribution in [0.5, 0.6) is 0 Å². The molecule has 0 spiro atoms. The normalized spacial score (nSPS) is 16.0. The third-order valence-electron chi connectivity index (χ3n) is 1.48. The van der Waals surface area contributed by atoms with E-state index in [1.807, 2.05) is 6.92 Å². The Morgan fingerprint density at radius 2 is 2.00 bits per heavy atom. The molecule has 0 aromatic rings. The molecule has 2 N–H and O–H groups in total. The van der Waals surface area contributed by atoms with Crippen molar-refractivity contribution >= 4 is 0 Å². The van der Waals surface area contributed by atoms with Gasteiger partial charge in [-0.3, -0.25) is 0 Å². The number of hydrogen-bond acceptors (Lipinski definition) is 4. The summed E-state index contributed by atoms with van der Waals surface area (Å²) in [6, 6.07) is 0. The van der Waals surface area contributed by atoms with Gasteiger partial charge in [0.15, 0.2) is 0 Å². The molecule has 0 rings (SSSR count). The predicted octanol–water partition coefficient (Wildman–Crippen LogP) is -0.219. The summed E-state index contributed by atoms with van der Waals surface area (Å²) in [5, 5.41) is 17.4. The van der Waals surface area contributed by atoms with Gasteiger partial charge in [0.2, 0.25) is 0 Å². The van der Waals surface area contributed by atoms with E-state index >= 15 is 0 Å². The Kier molecular flexibility index (Phi) is 7.39. The van der Waals surface area contributed by atoms with E-state index in [-0.39, 0.29) is 25.4 Å². The minimum Gasteiger partial charge on any atom is -0.396 e. The summed E-state index contributed by atoms with van der Waals surface area (Å²) in [5.74, 6) is 0. The maximum atomic E-state index is 8.80. The van der Waals surface area contributed by atoms with Crippen molar-refractivity contribution < 1.29 is 19.7 Å². The second-order valence-electron chi connectivity index (χ2n) is 2.72. The Bertz CT molecular complexity index is 97.1. The molecular weight excluding hydrogens is 160 g/mol. The first kappa shape index (κ1) is 11.8. The van der Waals surface area contributed by atoms with Crippen LogP contribution in [0.2, 0.25) is 0 Å². The highest BCUT2D eigenvalue weighted by Crippen LogP contribution is 2.02.